The maximum atomic E-state index is 12.4. The smallest absolute Gasteiger partial charge is 0.271 e. The quantitative estimate of drug-likeness (QED) is 0.274. The maximum absolute atomic E-state index is 12.4. The van der Waals surface area contributed by atoms with Crippen molar-refractivity contribution < 1.29 is 27.3 Å². The summed E-state index contributed by atoms with van der Waals surface area (Å²) < 4.78 is 36.0. The molecule has 0 unspecified atom stereocenters. The first-order valence-electron chi connectivity index (χ1n) is 7.96. The van der Waals surface area contributed by atoms with Crippen LogP contribution in [0.15, 0.2) is 53.6 Å². The van der Waals surface area contributed by atoms with Gasteiger partial charge in [0, 0.05) is 11.3 Å². The average molecular weight is 393 g/mol. The molecule has 10 heteroatoms. The first-order valence-corrected chi connectivity index (χ1v) is 9.57. The summed E-state index contributed by atoms with van der Waals surface area (Å²) in [6, 6.07) is 13.8. The number of rotatable bonds is 8. The number of para-hydroxylation sites is 1. The Balaban J connectivity index is 2.20. The fourth-order valence-corrected chi connectivity index (χ4v) is 2.61. The van der Waals surface area contributed by atoms with Crippen molar-refractivity contribution in [3.63, 3.8) is 0 Å². The van der Waals surface area contributed by atoms with Gasteiger partial charge in [-0.1, -0.05) is 18.2 Å². The van der Waals surface area contributed by atoms with Crippen LogP contribution in [0, 0.1) is 0 Å². The van der Waals surface area contributed by atoms with Gasteiger partial charge in [-0.15, -0.1) is 5.43 Å². The zero-order chi connectivity index (χ0) is 19.9. The van der Waals surface area contributed by atoms with Gasteiger partial charge >= 0.3 is 0 Å². The number of methoxy groups -OCH3 is 1. The summed E-state index contributed by atoms with van der Waals surface area (Å²) in [6.07, 6.45) is 0. The summed E-state index contributed by atoms with van der Waals surface area (Å²) >= 11 is 0. The Morgan fingerprint density at radius 3 is 2.52 bits per heavy atom. The number of carbonyl (C=O) groups excluding carboxylic acids is 1. The zero-order valence-electron chi connectivity index (χ0n) is 14.9. The second-order valence-corrected chi connectivity index (χ2v) is 7.03. The Labute approximate surface area is 157 Å². The van der Waals surface area contributed by atoms with Crippen molar-refractivity contribution in [3.05, 3.63) is 54.1 Å². The number of hydrogen-bond acceptors (Lipinski definition) is 5. The van der Waals surface area contributed by atoms with Crippen molar-refractivity contribution in [1.82, 2.24) is 0 Å². The molecule has 0 aliphatic rings. The number of nitrogens with one attached hydrogen (secondary N) is 2. The van der Waals surface area contributed by atoms with Gasteiger partial charge in [-0.3, -0.25) is 9.35 Å². The molecule has 0 spiro atoms. The van der Waals surface area contributed by atoms with Crippen LogP contribution in [0.2, 0.25) is 0 Å². The number of hydrazine groups is 1. The largest absolute Gasteiger partial charge is 0.494 e. The van der Waals surface area contributed by atoms with Gasteiger partial charge < -0.3 is 10.1 Å². The summed E-state index contributed by atoms with van der Waals surface area (Å²) in [6.45, 7) is -0.0983. The lowest BCUT2D eigenvalue weighted by Crippen LogP contribution is -2.25. The Morgan fingerprint density at radius 1 is 1.22 bits per heavy atom. The molecule has 2 rings (SSSR count). The van der Waals surface area contributed by atoms with E-state index in [9.17, 15) is 13.2 Å². The maximum Gasteiger partial charge on any atom is 0.271 e. The van der Waals surface area contributed by atoms with Gasteiger partial charge in [-0.05, 0) is 40.3 Å². The van der Waals surface area contributed by atoms with Crippen molar-refractivity contribution in [2.75, 3.05) is 37.2 Å². The number of carbonyl (C=O) groups is 1. The van der Waals surface area contributed by atoms with Crippen LogP contribution >= 0.6 is 0 Å². The van der Waals surface area contributed by atoms with Crippen LogP contribution in [0.3, 0.4) is 0 Å². The summed E-state index contributed by atoms with van der Waals surface area (Å²) in [5.41, 5.74) is 4.31. The second kappa shape index (κ2) is 9.10. The molecule has 2 aromatic carbocycles. The lowest BCUT2D eigenvalue weighted by Gasteiger charge is -2.10. The van der Waals surface area contributed by atoms with Crippen LogP contribution in [0.1, 0.15) is 10.4 Å². The fourth-order valence-electron chi connectivity index (χ4n) is 2.21. The highest BCUT2D eigenvalue weighted by Crippen LogP contribution is 2.26. The molecule has 0 aliphatic heterocycles. The minimum absolute atomic E-state index is 0.0983. The molecule has 0 radical (unpaired) electrons. The summed E-state index contributed by atoms with van der Waals surface area (Å²) in [5, 5.41) is 6.67. The first-order chi connectivity index (χ1) is 12.8. The molecule has 9 nitrogen and oxygen atoms in total. The number of azo groups is 1. The third-order valence-electron chi connectivity index (χ3n) is 3.55. The van der Waals surface area contributed by atoms with Crippen molar-refractivity contribution in [2.24, 2.45) is 5.11 Å². The molecule has 0 bridgehead atoms. The number of amides is 1. The van der Waals surface area contributed by atoms with E-state index in [-0.39, 0.29) is 12.5 Å². The topological polar surface area (TPSA) is 120 Å². The van der Waals surface area contributed by atoms with Crippen LogP contribution in [-0.4, -0.2) is 50.1 Å². The number of hydrogen-bond donors (Lipinski definition) is 3. The number of nitrogens with zero attached hydrogens (tertiary/aromatic N) is 2. The van der Waals surface area contributed by atoms with Crippen molar-refractivity contribution in [3.8, 4) is 5.75 Å². The van der Waals surface area contributed by atoms with Crippen LogP contribution in [0.5, 0.6) is 5.75 Å². The molecule has 0 aliphatic carbocycles. The van der Waals surface area contributed by atoms with Crippen LogP contribution in [0.25, 0.3) is 0 Å². The molecular weight excluding hydrogens is 372 g/mol. The van der Waals surface area contributed by atoms with E-state index >= 15 is 0 Å². The molecule has 0 aromatic heterocycles. The van der Waals surface area contributed by atoms with E-state index in [1.54, 1.807) is 30.3 Å². The summed E-state index contributed by atoms with van der Waals surface area (Å²) in [4.78, 5) is 13.7. The molecule has 0 atom stereocenters. The monoisotopic (exact) mass is 393 g/mol. The molecule has 2 aromatic rings. The normalized spacial score (nSPS) is 11.7. The Morgan fingerprint density at radius 2 is 1.93 bits per heavy atom. The third-order valence-corrected chi connectivity index (χ3v) is 4.24. The lowest BCUT2D eigenvalue weighted by molar-refractivity contribution is -0.560. The highest BCUT2D eigenvalue weighted by molar-refractivity contribution is 7.85. The van der Waals surface area contributed by atoms with Crippen LogP contribution < -0.4 is 15.5 Å². The average Bonchev–Trinajstić information content (AvgIpc) is 2.65. The Kier molecular flexibility index (Phi) is 6.85. The molecule has 1 amide bonds. The standard InChI is InChI=1S/C17H20N4O5S/c1-18-21(10-11-27(23,24)25)20-15-12-13(8-9-16(15)26-2)17(22)19-14-6-4-3-5-7-14/h3-9,12H,10-11H2,1-2H3,(H2-,18,19,20,22,23,24,25)/p+1. The van der Waals surface area contributed by atoms with Gasteiger partial charge in [0.05, 0.1) is 14.2 Å². The molecule has 27 heavy (non-hydrogen) atoms. The SMILES string of the molecule is CN=[N+](CCS(=O)(=O)O)Nc1cc(C(=O)Nc2ccccc2)ccc1OC. The van der Waals surface area contributed by atoms with Crippen molar-refractivity contribution in [2.45, 2.75) is 0 Å². The first kappa shape index (κ1) is 20.3. The number of ether oxygens (including phenoxy) is 1. The van der Waals surface area contributed by atoms with E-state index < -0.39 is 15.9 Å². The molecule has 3 N–H and O–H groups in total. The number of anilines is 2. The van der Waals surface area contributed by atoms with E-state index in [1.807, 2.05) is 18.2 Å². The van der Waals surface area contributed by atoms with Gasteiger partial charge in [0.1, 0.15) is 17.2 Å². The van der Waals surface area contributed by atoms with Gasteiger partial charge in [0.2, 0.25) is 6.54 Å². The molecule has 0 saturated carbocycles. The van der Waals surface area contributed by atoms with Crippen molar-refractivity contribution >= 4 is 27.4 Å². The molecular formula is C17H21N4O5S+. The highest BCUT2D eigenvalue weighted by Gasteiger charge is 2.17. The van der Waals surface area contributed by atoms with Gasteiger partial charge in [-0.2, -0.15) is 8.42 Å². The minimum Gasteiger partial charge on any atom is -0.494 e. The van der Waals surface area contributed by atoms with E-state index in [2.05, 4.69) is 15.9 Å². The molecule has 144 valence electrons. The second-order valence-electron chi connectivity index (χ2n) is 5.46. The van der Waals surface area contributed by atoms with E-state index in [1.165, 1.54) is 19.0 Å². The predicted octanol–water partition coefficient (Wildman–Crippen LogP) is 2.26. The minimum atomic E-state index is -4.13. The Bertz CT molecular complexity index is 930. The lowest BCUT2D eigenvalue weighted by atomic mass is 10.1. The van der Waals surface area contributed by atoms with Crippen LogP contribution in [0.4, 0.5) is 11.4 Å². The van der Waals surface area contributed by atoms with E-state index in [0.717, 1.165) is 0 Å². The third kappa shape index (κ3) is 6.35. The van der Waals surface area contributed by atoms with E-state index in [4.69, 9.17) is 9.29 Å². The van der Waals surface area contributed by atoms with Crippen molar-refractivity contribution in [1.29, 1.82) is 0 Å². The summed E-state index contributed by atoms with van der Waals surface area (Å²) in [7, 11) is -1.21. The Hall–Kier alpha value is -2.98. The van der Waals surface area contributed by atoms with Gasteiger partial charge in [0.25, 0.3) is 16.0 Å². The van der Waals surface area contributed by atoms with E-state index in [0.29, 0.717) is 22.7 Å². The number of benzene rings is 2. The fraction of sp³-hybridized carbons (Fsp3) is 0.235. The molecule has 0 heterocycles. The van der Waals surface area contributed by atoms with Gasteiger partial charge in [-0.25, -0.2) is 0 Å². The summed E-state index contributed by atoms with van der Waals surface area (Å²) in [5.74, 6) is -0.384. The van der Waals surface area contributed by atoms with Gasteiger partial charge in [0.15, 0.2) is 0 Å². The predicted molar refractivity (Wildman–Crippen MR) is 101 cm³/mol. The zero-order valence-corrected chi connectivity index (χ0v) is 15.7. The molecule has 0 saturated heterocycles. The molecule has 0 fully saturated rings. The van der Waals surface area contributed by atoms with Crippen LogP contribution in [-0.2, 0) is 10.1 Å². The highest BCUT2D eigenvalue weighted by atomic mass is 32.2.